The van der Waals surface area contributed by atoms with Crippen molar-refractivity contribution in [1.29, 1.82) is 0 Å². The molecule has 11 heavy (non-hydrogen) atoms. The van der Waals surface area contributed by atoms with Crippen molar-refractivity contribution in [2.75, 3.05) is 6.54 Å². The van der Waals surface area contributed by atoms with Crippen molar-refractivity contribution < 1.29 is 14.3 Å². The summed E-state index contributed by atoms with van der Waals surface area (Å²) in [6.45, 7) is 3.10. The number of likely N-dealkylation sites (tertiary alicyclic amines) is 1. The van der Waals surface area contributed by atoms with Crippen LogP contribution in [0.4, 0.5) is 4.39 Å². The van der Waals surface area contributed by atoms with Crippen LogP contribution in [0.15, 0.2) is 0 Å². The molecule has 1 N–H and O–H groups in total. The van der Waals surface area contributed by atoms with Crippen LogP contribution in [0, 0.1) is 0 Å². The summed E-state index contributed by atoms with van der Waals surface area (Å²) in [5, 5.41) is 9.02. The summed E-state index contributed by atoms with van der Waals surface area (Å²) in [6.07, 6.45) is -2.30. The molecule has 1 aliphatic rings. The molecule has 0 bridgehead atoms. The maximum absolute atomic E-state index is 12.9. The van der Waals surface area contributed by atoms with E-state index in [2.05, 4.69) is 0 Å². The second-order valence-electron chi connectivity index (χ2n) is 2.92. The van der Waals surface area contributed by atoms with E-state index in [1.165, 1.54) is 11.8 Å². The Kier molecular flexibility index (Phi) is 2.13. The van der Waals surface area contributed by atoms with E-state index < -0.39 is 18.3 Å². The van der Waals surface area contributed by atoms with Gasteiger partial charge in [0, 0.05) is 13.5 Å². The van der Waals surface area contributed by atoms with Gasteiger partial charge in [-0.2, -0.15) is 0 Å². The number of carbonyl (C=O) groups is 1. The molecule has 3 nitrogen and oxygen atoms in total. The van der Waals surface area contributed by atoms with Gasteiger partial charge in [-0.3, -0.25) is 4.79 Å². The van der Waals surface area contributed by atoms with Gasteiger partial charge in [0.2, 0.25) is 5.91 Å². The molecule has 0 aliphatic carbocycles. The smallest absolute Gasteiger partial charge is 0.219 e. The molecular formula is C7H12FNO2. The van der Waals surface area contributed by atoms with Gasteiger partial charge >= 0.3 is 0 Å². The number of carbonyl (C=O) groups excluding carboxylic acids is 1. The first kappa shape index (κ1) is 8.46. The Balaban J connectivity index is 2.67. The summed E-state index contributed by atoms with van der Waals surface area (Å²) in [4.78, 5) is 12.1. The molecule has 3 atom stereocenters. The first-order chi connectivity index (χ1) is 5.04. The quantitative estimate of drug-likeness (QED) is 0.540. The van der Waals surface area contributed by atoms with Crippen LogP contribution in [-0.4, -0.2) is 40.8 Å². The molecule has 4 heteroatoms. The van der Waals surface area contributed by atoms with Crippen molar-refractivity contribution >= 4 is 5.91 Å². The lowest BCUT2D eigenvalue weighted by molar-refractivity contribution is -0.129. The van der Waals surface area contributed by atoms with Crippen LogP contribution in [0.1, 0.15) is 13.8 Å². The number of rotatable bonds is 0. The van der Waals surface area contributed by atoms with E-state index >= 15 is 0 Å². The Bertz CT molecular complexity index is 174. The van der Waals surface area contributed by atoms with Crippen LogP contribution < -0.4 is 0 Å². The molecule has 1 aliphatic heterocycles. The lowest BCUT2D eigenvalue weighted by atomic mass is 10.2. The number of β-amino-alcohol motifs (C(OH)–C–C–N with tert-alkyl or cyclic N) is 1. The zero-order valence-electron chi connectivity index (χ0n) is 6.62. The molecule has 0 spiro atoms. The molecule has 1 heterocycles. The number of hydrogen-bond donors (Lipinski definition) is 1. The van der Waals surface area contributed by atoms with Gasteiger partial charge in [-0.15, -0.1) is 0 Å². The van der Waals surface area contributed by atoms with Crippen LogP contribution in [0.25, 0.3) is 0 Å². The molecule has 0 aromatic rings. The van der Waals surface area contributed by atoms with E-state index in [0.717, 1.165) is 0 Å². The van der Waals surface area contributed by atoms with E-state index in [-0.39, 0.29) is 12.5 Å². The molecule has 1 amide bonds. The number of hydrogen-bond acceptors (Lipinski definition) is 2. The Labute approximate surface area is 64.8 Å². The summed E-state index contributed by atoms with van der Waals surface area (Å²) >= 11 is 0. The number of aliphatic hydroxyl groups excluding tert-OH is 1. The lowest BCUT2D eigenvalue weighted by Crippen LogP contribution is -2.34. The van der Waals surface area contributed by atoms with Crippen LogP contribution in [0.3, 0.4) is 0 Å². The molecule has 1 saturated heterocycles. The number of aliphatic hydroxyl groups is 1. The highest BCUT2D eigenvalue weighted by Crippen LogP contribution is 2.20. The maximum atomic E-state index is 12.9. The lowest BCUT2D eigenvalue weighted by Gasteiger charge is -2.18. The van der Waals surface area contributed by atoms with Crippen molar-refractivity contribution in [1.82, 2.24) is 4.90 Å². The summed E-state index contributed by atoms with van der Waals surface area (Å²) in [5.74, 6) is -0.184. The molecule has 1 fully saturated rings. The van der Waals surface area contributed by atoms with E-state index in [9.17, 15) is 9.18 Å². The number of alkyl halides is 1. The monoisotopic (exact) mass is 161 g/mol. The van der Waals surface area contributed by atoms with Crippen LogP contribution in [0.5, 0.6) is 0 Å². The summed E-state index contributed by atoms with van der Waals surface area (Å²) in [6, 6.07) is -0.484. The highest BCUT2D eigenvalue weighted by Gasteiger charge is 2.39. The van der Waals surface area contributed by atoms with Crippen LogP contribution in [0.2, 0.25) is 0 Å². The van der Waals surface area contributed by atoms with Crippen molar-refractivity contribution in [2.24, 2.45) is 0 Å². The summed E-state index contributed by atoms with van der Waals surface area (Å²) < 4.78 is 12.9. The fourth-order valence-electron chi connectivity index (χ4n) is 1.38. The van der Waals surface area contributed by atoms with Crippen molar-refractivity contribution in [2.45, 2.75) is 32.2 Å². The van der Waals surface area contributed by atoms with Crippen LogP contribution >= 0.6 is 0 Å². The third kappa shape index (κ3) is 1.35. The maximum Gasteiger partial charge on any atom is 0.219 e. The second-order valence-corrected chi connectivity index (χ2v) is 2.92. The van der Waals surface area contributed by atoms with Gasteiger partial charge in [0.25, 0.3) is 0 Å². The molecule has 0 radical (unpaired) electrons. The summed E-state index contributed by atoms with van der Waals surface area (Å²) in [5.41, 5.74) is 0. The van der Waals surface area contributed by atoms with Gasteiger partial charge in [-0.05, 0) is 6.92 Å². The molecule has 0 aromatic carbocycles. The highest BCUT2D eigenvalue weighted by atomic mass is 19.1. The van der Waals surface area contributed by atoms with Gasteiger partial charge in [0.15, 0.2) is 0 Å². The predicted octanol–water partition coefficient (Wildman–Crippen LogP) is -0.0640. The second kappa shape index (κ2) is 2.77. The minimum Gasteiger partial charge on any atom is -0.388 e. The molecule has 0 saturated carbocycles. The van der Waals surface area contributed by atoms with Crippen molar-refractivity contribution in [3.8, 4) is 0 Å². The van der Waals surface area contributed by atoms with Gasteiger partial charge in [-0.25, -0.2) is 4.39 Å². The van der Waals surface area contributed by atoms with E-state index in [4.69, 9.17) is 5.11 Å². The zero-order chi connectivity index (χ0) is 8.59. The van der Waals surface area contributed by atoms with Crippen molar-refractivity contribution in [3.05, 3.63) is 0 Å². The van der Waals surface area contributed by atoms with Crippen molar-refractivity contribution in [3.63, 3.8) is 0 Å². The predicted molar refractivity (Wildman–Crippen MR) is 37.8 cm³/mol. The molecule has 0 aromatic heterocycles. The SMILES string of the molecule is CC(=O)N1C[C@H](O)[C@@H](F)[C@H]1C. The zero-order valence-corrected chi connectivity index (χ0v) is 6.62. The highest BCUT2D eigenvalue weighted by molar-refractivity contribution is 5.74. The standard InChI is InChI=1S/C7H12FNO2/c1-4-7(8)6(11)3-9(4)5(2)10/h4,6-7,11H,3H2,1-2H3/t4-,6+,7+/m1/s1. The topological polar surface area (TPSA) is 40.5 Å². The average molecular weight is 161 g/mol. The largest absolute Gasteiger partial charge is 0.388 e. The van der Waals surface area contributed by atoms with Crippen LogP contribution in [-0.2, 0) is 4.79 Å². The number of amides is 1. The summed E-state index contributed by atoms with van der Waals surface area (Å²) in [7, 11) is 0. The Morgan fingerprint density at radius 2 is 2.27 bits per heavy atom. The molecule has 0 unspecified atom stereocenters. The third-order valence-corrected chi connectivity index (χ3v) is 2.11. The van der Waals surface area contributed by atoms with E-state index in [1.54, 1.807) is 6.92 Å². The first-order valence-corrected chi connectivity index (χ1v) is 3.63. The Morgan fingerprint density at radius 3 is 2.45 bits per heavy atom. The van der Waals surface area contributed by atoms with Gasteiger partial charge in [0.05, 0.1) is 6.04 Å². The number of halogens is 1. The Hall–Kier alpha value is -0.640. The Morgan fingerprint density at radius 1 is 1.73 bits per heavy atom. The molecule has 64 valence electrons. The van der Waals surface area contributed by atoms with E-state index in [1.807, 2.05) is 0 Å². The van der Waals surface area contributed by atoms with Gasteiger partial charge < -0.3 is 10.0 Å². The molecule has 1 rings (SSSR count). The number of nitrogens with zero attached hydrogens (tertiary/aromatic N) is 1. The average Bonchev–Trinajstić information content (AvgIpc) is 2.17. The fourth-order valence-corrected chi connectivity index (χ4v) is 1.38. The van der Waals surface area contributed by atoms with E-state index in [0.29, 0.717) is 0 Å². The third-order valence-electron chi connectivity index (χ3n) is 2.11. The van der Waals surface area contributed by atoms with Gasteiger partial charge in [0.1, 0.15) is 12.3 Å². The minimum absolute atomic E-state index is 0.123. The first-order valence-electron chi connectivity index (χ1n) is 3.63. The minimum atomic E-state index is -1.29. The molecular weight excluding hydrogens is 149 g/mol. The van der Waals surface area contributed by atoms with Gasteiger partial charge in [-0.1, -0.05) is 0 Å². The normalized spacial score (nSPS) is 37.8. The fraction of sp³-hybridized carbons (Fsp3) is 0.857.